The van der Waals surface area contributed by atoms with Crippen LogP contribution in [-0.4, -0.2) is 18.0 Å². The third-order valence-electron chi connectivity index (χ3n) is 3.47. The second kappa shape index (κ2) is 5.87. The monoisotopic (exact) mass is 261 g/mol. The van der Waals surface area contributed by atoms with Crippen molar-refractivity contribution >= 4 is 11.9 Å². The van der Waals surface area contributed by atoms with Gasteiger partial charge in [0.1, 0.15) is 0 Å². The maximum atomic E-state index is 11.7. The summed E-state index contributed by atoms with van der Waals surface area (Å²) >= 11 is 0. The second-order valence-corrected chi connectivity index (χ2v) is 5.02. The van der Waals surface area contributed by atoms with Gasteiger partial charge >= 0.3 is 5.97 Å². The first-order valence-corrected chi connectivity index (χ1v) is 6.66. The molecule has 1 aliphatic carbocycles. The van der Waals surface area contributed by atoms with Gasteiger partial charge in [0.2, 0.25) is 0 Å². The van der Waals surface area contributed by atoms with Crippen LogP contribution in [0.5, 0.6) is 0 Å². The van der Waals surface area contributed by atoms with Crippen molar-refractivity contribution in [1.29, 1.82) is 0 Å². The first-order chi connectivity index (χ1) is 9.06. The number of aryl methyl sites for hydroxylation is 2. The largest absolute Gasteiger partial charge is 0.452 e. The summed E-state index contributed by atoms with van der Waals surface area (Å²) in [5.41, 5.74) is 8.70. The van der Waals surface area contributed by atoms with Gasteiger partial charge in [-0.25, -0.2) is 0 Å². The molecular formula is C15H19NO3. The van der Waals surface area contributed by atoms with E-state index in [1.807, 2.05) is 6.07 Å². The predicted octanol–water partition coefficient (Wildman–Crippen LogP) is 1.52. The van der Waals surface area contributed by atoms with Crippen LogP contribution in [0.25, 0.3) is 0 Å². The molecule has 1 aromatic rings. The molecule has 0 saturated carbocycles. The molecular weight excluding hydrogens is 242 g/mol. The van der Waals surface area contributed by atoms with Gasteiger partial charge in [-0.1, -0.05) is 18.2 Å². The molecule has 0 fully saturated rings. The van der Waals surface area contributed by atoms with Crippen LogP contribution in [-0.2, 0) is 33.6 Å². The number of hydrogen-bond acceptors (Lipinski definition) is 3. The fourth-order valence-corrected chi connectivity index (χ4v) is 2.36. The summed E-state index contributed by atoms with van der Waals surface area (Å²) in [7, 11) is 0. The fourth-order valence-electron chi connectivity index (χ4n) is 2.36. The molecule has 0 bridgehead atoms. The summed E-state index contributed by atoms with van der Waals surface area (Å²) in [5, 5.41) is 0. The normalized spacial score (nSPS) is 15.4. The topological polar surface area (TPSA) is 69.4 Å². The van der Waals surface area contributed by atoms with Crippen molar-refractivity contribution in [2.45, 2.75) is 45.1 Å². The Morgan fingerprint density at radius 2 is 1.95 bits per heavy atom. The molecule has 0 aliphatic heterocycles. The lowest BCUT2D eigenvalue weighted by molar-refractivity contribution is -0.153. The summed E-state index contributed by atoms with van der Waals surface area (Å²) in [6, 6.07) is 6.12. The van der Waals surface area contributed by atoms with Gasteiger partial charge in [0.05, 0.1) is 6.42 Å². The molecule has 4 heteroatoms. The van der Waals surface area contributed by atoms with E-state index in [1.54, 1.807) is 0 Å². The van der Waals surface area contributed by atoms with Crippen molar-refractivity contribution in [2.75, 3.05) is 0 Å². The highest BCUT2D eigenvalue weighted by Gasteiger charge is 2.16. The zero-order valence-corrected chi connectivity index (χ0v) is 11.1. The maximum absolute atomic E-state index is 11.7. The minimum absolute atomic E-state index is 0.185. The van der Waals surface area contributed by atoms with Crippen molar-refractivity contribution in [1.82, 2.24) is 0 Å². The van der Waals surface area contributed by atoms with Gasteiger partial charge < -0.3 is 10.5 Å². The van der Waals surface area contributed by atoms with E-state index < -0.39 is 18.0 Å². The van der Waals surface area contributed by atoms with Gasteiger partial charge in [0.15, 0.2) is 6.10 Å². The number of fused-ring (bicyclic) bond motifs is 1. The molecule has 1 amide bonds. The van der Waals surface area contributed by atoms with Gasteiger partial charge in [-0.3, -0.25) is 9.59 Å². The van der Waals surface area contributed by atoms with E-state index in [0.29, 0.717) is 0 Å². The molecule has 1 atom stereocenters. The number of amides is 1. The Hall–Kier alpha value is -1.84. The van der Waals surface area contributed by atoms with E-state index >= 15 is 0 Å². The van der Waals surface area contributed by atoms with Crippen molar-refractivity contribution in [2.24, 2.45) is 5.73 Å². The predicted molar refractivity (Wildman–Crippen MR) is 71.5 cm³/mol. The summed E-state index contributed by atoms with van der Waals surface area (Å²) in [4.78, 5) is 22.5. The van der Waals surface area contributed by atoms with Gasteiger partial charge in [-0.05, 0) is 49.3 Å². The lowest BCUT2D eigenvalue weighted by atomic mass is 9.90. The number of nitrogens with two attached hydrogens (primary N) is 1. The average Bonchev–Trinajstić information content (AvgIpc) is 2.38. The van der Waals surface area contributed by atoms with Crippen LogP contribution < -0.4 is 5.73 Å². The Labute approximate surface area is 112 Å². The maximum Gasteiger partial charge on any atom is 0.311 e. The van der Waals surface area contributed by atoms with Crippen LogP contribution in [0.15, 0.2) is 18.2 Å². The smallest absolute Gasteiger partial charge is 0.311 e. The summed E-state index contributed by atoms with van der Waals surface area (Å²) in [5.74, 6) is -1.04. The molecule has 0 unspecified atom stereocenters. The van der Waals surface area contributed by atoms with Crippen molar-refractivity contribution in [3.05, 3.63) is 34.9 Å². The number of ether oxygens (including phenoxy) is 1. The first kappa shape index (κ1) is 13.6. The number of primary amides is 1. The molecule has 2 N–H and O–H groups in total. The van der Waals surface area contributed by atoms with E-state index in [4.69, 9.17) is 10.5 Å². The number of carbonyl (C=O) groups excluding carboxylic acids is 2. The number of esters is 1. The number of benzene rings is 1. The van der Waals surface area contributed by atoms with Crippen molar-refractivity contribution < 1.29 is 14.3 Å². The highest BCUT2D eigenvalue weighted by molar-refractivity contribution is 5.82. The standard InChI is InChI=1S/C15H19NO3/c1-10(15(16)18)19-14(17)9-11-6-7-12-4-2-3-5-13(12)8-11/h6-8,10H,2-5,9H2,1H3,(H2,16,18)/t10-/m1/s1. The number of carbonyl (C=O) groups is 2. The first-order valence-electron chi connectivity index (χ1n) is 6.66. The van der Waals surface area contributed by atoms with Gasteiger partial charge in [-0.2, -0.15) is 0 Å². The zero-order valence-electron chi connectivity index (χ0n) is 11.1. The minimum Gasteiger partial charge on any atom is -0.452 e. The van der Waals surface area contributed by atoms with Gasteiger partial charge in [-0.15, -0.1) is 0 Å². The zero-order chi connectivity index (χ0) is 13.8. The summed E-state index contributed by atoms with van der Waals surface area (Å²) in [6.07, 6.45) is 3.97. The SMILES string of the molecule is C[C@@H](OC(=O)Cc1ccc2c(c1)CCCC2)C(N)=O. The minimum atomic E-state index is -0.870. The number of hydrogen-bond donors (Lipinski definition) is 1. The van der Waals surface area contributed by atoms with Crippen LogP contribution in [0, 0.1) is 0 Å². The van der Waals surface area contributed by atoms with E-state index in [0.717, 1.165) is 18.4 Å². The van der Waals surface area contributed by atoms with Crippen LogP contribution in [0.1, 0.15) is 36.5 Å². The summed E-state index contributed by atoms with van der Waals surface area (Å²) in [6.45, 7) is 1.48. The van der Waals surface area contributed by atoms with E-state index in [2.05, 4.69) is 12.1 Å². The van der Waals surface area contributed by atoms with E-state index in [9.17, 15) is 9.59 Å². The molecule has 1 aromatic carbocycles. The van der Waals surface area contributed by atoms with Crippen molar-refractivity contribution in [3.63, 3.8) is 0 Å². The van der Waals surface area contributed by atoms with Gasteiger partial charge in [0, 0.05) is 0 Å². The molecule has 0 spiro atoms. The molecule has 1 aliphatic rings. The Morgan fingerprint density at radius 1 is 1.26 bits per heavy atom. The fraction of sp³-hybridized carbons (Fsp3) is 0.467. The highest BCUT2D eigenvalue weighted by Crippen LogP contribution is 2.22. The van der Waals surface area contributed by atoms with Crippen LogP contribution >= 0.6 is 0 Å². The lowest BCUT2D eigenvalue weighted by Crippen LogP contribution is -2.30. The average molecular weight is 261 g/mol. The molecule has 0 heterocycles. The van der Waals surface area contributed by atoms with Crippen LogP contribution in [0.2, 0.25) is 0 Å². The second-order valence-electron chi connectivity index (χ2n) is 5.02. The summed E-state index contributed by atoms with van der Waals surface area (Å²) < 4.78 is 4.95. The lowest BCUT2D eigenvalue weighted by Gasteiger charge is -2.16. The Bertz CT molecular complexity index is 496. The molecule has 0 saturated heterocycles. The van der Waals surface area contributed by atoms with E-state index in [1.165, 1.54) is 30.9 Å². The number of rotatable bonds is 4. The Balaban J connectivity index is 1.99. The molecule has 102 valence electrons. The molecule has 2 rings (SSSR count). The molecule has 0 radical (unpaired) electrons. The van der Waals surface area contributed by atoms with Crippen LogP contribution in [0.4, 0.5) is 0 Å². The Kier molecular flexibility index (Phi) is 4.20. The van der Waals surface area contributed by atoms with Crippen LogP contribution in [0.3, 0.4) is 0 Å². The quantitative estimate of drug-likeness (QED) is 0.835. The van der Waals surface area contributed by atoms with Gasteiger partial charge in [0.25, 0.3) is 5.91 Å². The third-order valence-corrected chi connectivity index (χ3v) is 3.47. The van der Waals surface area contributed by atoms with E-state index in [-0.39, 0.29) is 6.42 Å². The molecule has 0 aromatic heterocycles. The molecule has 4 nitrogen and oxygen atoms in total. The molecule has 19 heavy (non-hydrogen) atoms. The van der Waals surface area contributed by atoms with Crippen molar-refractivity contribution in [3.8, 4) is 0 Å². The third kappa shape index (κ3) is 3.56. The Morgan fingerprint density at radius 3 is 2.63 bits per heavy atom. The highest BCUT2D eigenvalue weighted by atomic mass is 16.5.